The van der Waals surface area contributed by atoms with Crippen molar-refractivity contribution >= 4 is 11.8 Å². The van der Waals surface area contributed by atoms with Crippen LogP contribution in [0.15, 0.2) is 0 Å². The smallest absolute Gasteiger partial charge is 0.239 e. The van der Waals surface area contributed by atoms with Gasteiger partial charge in [-0.1, -0.05) is 20.8 Å². The first-order valence-corrected chi connectivity index (χ1v) is 13.2. The molecule has 0 aromatic carbocycles. The van der Waals surface area contributed by atoms with Gasteiger partial charge in [0.05, 0.1) is 6.17 Å². The lowest BCUT2D eigenvalue weighted by Crippen LogP contribution is -2.56. The van der Waals surface area contributed by atoms with Crippen LogP contribution in [0.3, 0.4) is 0 Å². The maximum atomic E-state index is 13.0. The Morgan fingerprint density at radius 2 is 1.82 bits per heavy atom. The van der Waals surface area contributed by atoms with Crippen molar-refractivity contribution in [2.75, 3.05) is 59.4 Å². The molecule has 8 nitrogen and oxygen atoms in total. The van der Waals surface area contributed by atoms with E-state index in [4.69, 9.17) is 0 Å². The van der Waals surface area contributed by atoms with Gasteiger partial charge < -0.3 is 15.5 Å². The summed E-state index contributed by atoms with van der Waals surface area (Å²) in [5.41, 5.74) is 0.170. The summed E-state index contributed by atoms with van der Waals surface area (Å²) in [7, 11) is 2.16. The van der Waals surface area contributed by atoms with Crippen LogP contribution in [0.1, 0.15) is 59.3 Å². The lowest BCUT2D eigenvalue weighted by Gasteiger charge is -2.41. The van der Waals surface area contributed by atoms with Gasteiger partial charge >= 0.3 is 0 Å². The molecule has 4 aliphatic rings. The Morgan fingerprint density at radius 1 is 1.06 bits per heavy atom. The molecule has 0 spiro atoms. The molecule has 33 heavy (non-hydrogen) atoms. The van der Waals surface area contributed by atoms with Gasteiger partial charge in [0.2, 0.25) is 11.8 Å². The summed E-state index contributed by atoms with van der Waals surface area (Å²) in [6, 6.07) is 0.383. The van der Waals surface area contributed by atoms with Gasteiger partial charge in [-0.15, -0.1) is 0 Å². The summed E-state index contributed by atoms with van der Waals surface area (Å²) in [6.45, 7) is 14.0. The van der Waals surface area contributed by atoms with E-state index in [1.54, 1.807) is 0 Å². The Hall–Kier alpha value is -1.22. The number of amides is 2. The second-order valence-corrected chi connectivity index (χ2v) is 11.8. The van der Waals surface area contributed by atoms with Crippen molar-refractivity contribution in [3.63, 3.8) is 0 Å². The van der Waals surface area contributed by atoms with E-state index in [1.165, 1.54) is 19.3 Å². The van der Waals surface area contributed by atoms with Crippen LogP contribution in [0.2, 0.25) is 0 Å². The van der Waals surface area contributed by atoms with E-state index in [0.29, 0.717) is 19.1 Å². The Labute approximate surface area is 200 Å². The minimum atomic E-state index is -0.0728. The van der Waals surface area contributed by atoms with Crippen LogP contribution in [0.25, 0.3) is 0 Å². The average molecular weight is 463 g/mol. The van der Waals surface area contributed by atoms with Crippen molar-refractivity contribution in [2.24, 2.45) is 5.41 Å². The molecule has 0 radical (unpaired) electrons. The third-order valence-electron chi connectivity index (χ3n) is 8.11. The number of piperidine rings is 1. The summed E-state index contributed by atoms with van der Waals surface area (Å²) >= 11 is 0. The van der Waals surface area contributed by atoms with Crippen LogP contribution in [0.4, 0.5) is 0 Å². The van der Waals surface area contributed by atoms with Crippen molar-refractivity contribution in [1.82, 2.24) is 30.2 Å². The molecule has 4 heterocycles. The normalized spacial score (nSPS) is 33.0. The summed E-state index contributed by atoms with van der Waals surface area (Å²) in [6.07, 6.45) is 6.70. The molecule has 8 heteroatoms. The summed E-state index contributed by atoms with van der Waals surface area (Å²) in [5.74, 6) is 0.433. The standard InChI is InChI=1S/C25H46N6O2/c1-25(2,3)18-31-12-10-20-23(31)24(33)27-17-19(28(20)4)8-9-22(32)30-15-13-29(14-16-30)21-7-5-6-11-26-21/h19-21,23,26H,5-18H2,1-4H3,(H,27,33)/t19-,20-,21?,23-/m0/s1. The minimum absolute atomic E-state index is 0.0728. The first-order chi connectivity index (χ1) is 15.7. The summed E-state index contributed by atoms with van der Waals surface area (Å²) in [4.78, 5) is 35.3. The highest BCUT2D eigenvalue weighted by Gasteiger charge is 2.45. The maximum absolute atomic E-state index is 13.0. The highest BCUT2D eigenvalue weighted by molar-refractivity contribution is 5.83. The predicted octanol–water partition coefficient (Wildman–Crippen LogP) is 0.930. The van der Waals surface area contributed by atoms with Crippen LogP contribution in [-0.2, 0) is 9.59 Å². The first-order valence-electron chi connectivity index (χ1n) is 13.2. The predicted molar refractivity (Wildman–Crippen MR) is 131 cm³/mol. The SMILES string of the molecule is CN1[C@@H](CCC(=O)N2CCN(C3CCCCN3)CC2)CNC(=O)[C@@H]2[C@@H]1CCN2CC(C)(C)C. The highest BCUT2D eigenvalue weighted by atomic mass is 16.2. The van der Waals surface area contributed by atoms with Gasteiger partial charge in [-0.25, -0.2) is 0 Å². The van der Waals surface area contributed by atoms with Crippen LogP contribution >= 0.6 is 0 Å². The molecular weight excluding hydrogens is 416 g/mol. The van der Waals surface area contributed by atoms with Gasteiger partial charge in [0, 0.05) is 64.3 Å². The van der Waals surface area contributed by atoms with Gasteiger partial charge in [-0.3, -0.25) is 24.3 Å². The molecular formula is C25H46N6O2. The molecule has 0 saturated carbocycles. The van der Waals surface area contributed by atoms with Crippen molar-refractivity contribution in [3.05, 3.63) is 0 Å². The van der Waals surface area contributed by atoms with Crippen molar-refractivity contribution in [3.8, 4) is 0 Å². The molecule has 4 aliphatic heterocycles. The third kappa shape index (κ3) is 6.08. The summed E-state index contributed by atoms with van der Waals surface area (Å²) < 4.78 is 0. The fourth-order valence-corrected chi connectivity index (χ4v) is 6.31. The molecule has 188 valence electrons. The molecule has 0 aliphatic carbocycles. The number of fused-ring (bicyclic) bond motifs is 1. The molecule has 0 aromatic rings. The van der Waals surface area contributed by atoms with Crippen molar-refractivity contribution < 1.29 is 9.59 Å². The average Bonchev–Trinajstić information content (AvgIpc) is 3.15. The lowest BCUT2D eigenvalue weighted by atomic mass is 9.95. The second-order valence-electron chi connectivity index (χ2n) is 11.8. The second kappa shape index (κ2) is 10.6. The Kier molecular flexibility index (Phi) is 7.98. The van der Waals surface area contributed by atoms with E-state index in [0.717, 1.165) is 58.7 Å². The zero-order chi connectivity index (χ0) is 23.6. The van der Waals surface area contributed by atoms with Gasteiger partial charge in [0.15, 0.2) is 0 Å². The number of hydrogen-bond acceptors (Lipinski definition) is 6. The Balaban J connectivity index is 1.26. The highest BCUT2D eigenvalue weighted by Crippen LogP contribution is 2.30. The largest absolute Gasteiger partial charge is 0.353 e. The zero-order valence-corrected chi connectivity index (χ0v) is 21.3. The maximum Gasteiger partial charge on any atom is 0.239 e. The number of carbonyl (C=O) groups excluding carboxylic acids is 2. The van der Waals surface area contributed by atoms with E-state index in [9.17, 15) is 9.59 Å². The molecule has 0 bridgehead atoms. The van der Waals surface area contributed by atoms with E-state index in [2.05, 4.69) is 58.1 Å². The molecule has 1 unspecified atom stereocenters. The number of piperazine rings is 1. The Morgan fingerprint density at radius 3 is 2.48 bits per heavy atom. The van der Waals surface area contributed by atoms with Crippen LogP contribution in [-0.4, -0.2) is 115 Å². The fraction of sp³-hybridized carbons (Fsp3) is 0.920. The number of likely N-dealkylation sites (N-methyl/N-ethyl adjacent to an activating group) is 1. The van der Waals surface area contributed by atoms with Gasteiger partial charge in [-0.05, 0) is 51.1 Å². The number of nitrogens with one attached hydrogen (secondary N) is 2. The molecule has 0 aromatic heterocycles. The molecule has 2 N–H and O–H groups in total. The van der Waals surface area contributed by atoms with E-state index >= 15 is 0 Å². The third-order valence-corrected chi connectivity index (χ3v) is 8.11. The Bertz CT molecular complexity index is 681. The van der Waals surface area contributed by atoms with Crippen LogP contribution in [0, 0.1) is 5.41 Å². The van der Waals surface area contributed by atoms with Gasteiger partial charge in [0.1, 0.15) is 6.04 Å². The van der Waals surface area contributed by atoms with Crippen molar-refractivity contribution in [2.45, 2.75) is 83.6 Å². The lowest BCUT2D eigenvalue weighted by molar-refractivity contribution is -0.134. The number of nitrogens with zero attached hydrogens (tertiary/aromatic N) is 4. The molecule has 2 amide bonds. The van der Waals surface area contributed by atoms with E-state index in [-0.39, 0.29) is 35.4 Å². The van der Waals surface area contributed by atoms with Crippen LogP contribution < -0.4 is 10.6 Å². The first kappa shape index (κ1) is 24.9. The topological polar surface area (TPSA) is 71.2 Å². The minimum Gasteiger partial charge on any atom is -0.353 e. The zero-order valence-electron chi connectivity index (χ0n) is 21.3. The fourth-order valence-electron chi connectivity index (χ4n) is 6.31. The quantitative estimate of drug-likeness (QED) is 0.634. The molecule has 4 rings (SSSR count). The molecule has 4 fully saturated rings. The van der Waals surface area contributed by atoms with Gasteiger partial charge in [-0.2, -0.15) is 0 Å². The number of carbonyl (C=O) groups is 2. The van der Waals surface area contributed by atoms with E-state index in [1.807, 2.05) is 0 Å². The molecule has 4 saturated heterocycles. The number of hydrogen-bond donors (Lipinski definition) is 2. The monoisotopic (exact) mass is 462 g/mol. The number of rotatable bonds is 5. The molecule has 4 atom stereocenters. The van der Waals surface area contributed by atoms with Crippen molar-refractivity contribution in [1.29, 1.82) is 0 Å². The number of likely N-dealkylation sites (tertiary alicyclic amines) is 1. The summed E-state index contributed by atoms with van der Waals surface area (Å²) in [5, 5.41) is 6.82. The van der Waals surface area contributed by atoms with E-state index < -0.39 is 0 Å². The van der Waals surface area contributed by atoms with Crippen LogP contribution in [0.5, 0.6) is 0 Å². The van der Waals surface area contributed by atoms with Gasteiger partial charge in [0.25, 0.3) is 0 Å².